The molecule has 0 atom stereocenters. The maximum Gasteiger partial charge on any atom is 0.00587 e. The Morgan fingerprint density at radius 3 is 2.33 bits per heavy atom. The van der Waals surface area contributed by atoms with Crippen LogP contribution in [-0.2, 0) is 0 Å². The number of hydrogen-bond donors (Lipinski definition) is 0. The van der Waals surface area contributed by atoms with E-state index < -0.39 is 0 Å². The van der Waals surface area contributed by atoms with Crippen molar-refractivity contribution >= 4 is 0 Å². The van der Waals surface area contributed by atoms with Crippen molar-refractivity contribution in [2.45, 2.75) is 13.8 Å². The molecule has 0 bridgehead atoms. The fraction of sp³-hybridized carbons (Fsp3) is 0.455. The van der Waals surface area contributed by atoms with E-state index in [0.29, 0.717) is 5.92 Å². The van der Waals surface area contributed by atoms with Crippen molar-refractivity contribution < 1.29 is 0 Å². The summed E-state index contributed by atoms with van der Waals surface area (Å²) in [5.74, 6) is 0.634. The minimum atomic E-state index is 0.634. The van der Waals surface area contributed by atoms with Crippen molar-refractivity contribution in [3.63, 3.8) is 0 Å². The average Bonchev–Trinajstić information content (AvgIpc) is 2.34. The van der Waals surface area contributed by atoms with Crippen LogP contribution in [0.15, 0.2) is 35.6 Å². The van der Waals surface area contributed by atoms with Gasteiger partial charge in [-0.1, -0.05) is 32.1 Å². The van der Waals surface area contributed by atoms with Gasteiger partial charge in [-0.15, -0.1) is 0 Å². The molecule has 0 saturated carbocycles. The van der Waals surface area contributed by atoms with Crippen LogP contribution in [0.2, 0.25) is 0 Å². The Balaban J connectivity index is 2.73. The standard InChI is InChI=1S/C11H17N/c1-9(2)11-6-5-10(7-11)8-12(3)4/h5-9H,1-4H3. The number of nitrogens with zero attached hydrogens (tertiary/aromatic N) is 1. The summed E-state index contributed by atoms with van der Waals surface area (Å²) in [7, 11) is 4.09. The van der Waals surface area contributed by atoms with Crippen LogP contribution in [0.4, 0.5) is 0 Å². The second-order valence-electron chi connectivity index (χ2n) is 3.73. The largest absolute Gasteiger partial charge is 0.383 e. The third-order valence-corrected chi connectivity index (χ3v) is 1.88. The first-order valence-electron chi connectivity index (χ1n) is 4.37. The molecule has 0 spiro atoms. The van der Waals surface area contributed by atoms with E-state index in [2.05, 4.69) is 43.2 Å². The molecule has 0 aromatic heterocycles. The minimum Gasteiger partial charge on any atom is -0.383 e. The first-order chi connectivity index (χ1) is 5.59. The molecule has 1 aliphatic carbocycles. The summed E-state index contributed by atoms with van der Waals surface area (Å²) in [6, 6.07) is 0. The van der Waals surface area contributed by atoms with Gasteiger partial charge in [0.25, 0.3) is 0 Å². The van der Waals surface area contributed by atoms with Crippen LogP contribution >= 0.6 is 0 Å². The summed E-state index contributed by atoms with van der Waals surface area (Å²) in [6.45, 7) is 4.43. The number of hydrogen-bond acceptors (Lipinski definition) is 1. The number of allylic oxidation sites excluding steroid dienone is 5. The predicted molar refractivity (Wildman–Crippen MR) is 53.8 cm³/mol. The maximum absolute atomic E-state index is 2.24. The van der Waals surface area contributed by atoms with Gasteiger partial charge in [-0.05, 0) is 17.1 Å². The van der Waals surface area contributed by atoms with Crippen LogP contribution in [0, 0.1) is 5.92 Å². The summed E-state index contributed by atoms with van der Waals surface area (Å²) in [4.78, 5) is 2.07. The highest BCUT2D eigenvalue weighted by molar-refractivity contribution is 5.46. The Hall–Kier alpha value is -0.980. The quantitative estimate of drug-likeness (QED) is 0.604. The predicted octanol–water partition coefficient (Wildman–Crippen LogP) is 2.58. The smallest absolute Gasteiger partial charge is 0.00587 e. The second-order valence-corrected chi connectivity index (χ2v) is 3.73. The van der Waals surface area contributed by atoms with Crippen molar-refractivity contribution in [1.29, 1.82) is 0 Å². The summed E-state index contributed by atoms with van der Waals surface area (Å²) < 4.78 is 0. The normalized spacial score (nSPS) is 19.1. The first-order valence-corrected chi connectivity index (χ1v) is 4.37. The van der Waals surface area contributed by atoms with E-state index in [-0.39, 0.29) is 0 Å². The molecule has 0 unspecified atom stereocenters. The second kappa shape index (κ2) is 3.61. The van der Waals surface area contributed by atoms with E-state index in [1.165, 1.54) is 11.1 Å². The molecule has 12 heavy (non-hydrogen) atoms. The fourth-order valence-electron chi connectivity index (χ4n) is 1.22. The summed E-state index contributed by atoms with van der Waals surface area (Å²) >= 11 is 0. The molecule has 1 aliphatic rings. The van der Waals surface area contributed by atoms with Gasteiger partial charge in [0.2, 0.25) is 0 Å². The van der Waals surface area contributed by atoms with Crippen molar-refractivity contribution in [2.75, 3.05) is 14.1 Å². The van der Waals surface area contributed by atoms with Crippen LogP contribution in [0.25, 0.3) is 0 Å². The Morgan fingerprint density at radius 2 is 1.92 bits per heavy atom. The molecule has 0 radical (unpaired) electrons. The molecule has 1 heteroatoms. The highest BCUT2D eigenvalue weighted by Gasteiger charge is 2.05. The molecule has 1 rings (SSSR count). The summed E-state index contributed by atoms with van der Waals surface area (Å²) in [5.41, 5.74) is 2.71. The van der Waals surface area contributed by atoms with E-state index in [1.54, 1.807) is 0 Å². The van der Waals surface area contributed by atoms with Gasteiger partial charge >= 0.3 is 0 Å². The van der Waals surface area contributed by atoms with Gasteiger partial charge in [-0.3, -0.25) is 0 Å². The van der Waals surface area contributed by atoms with Crippen LogP contribution in [-0.4, -0.2) is 19.0 Å². The van der Waals surface area contributed by atoms with E-state index in [0.717, 1.165) is 0 Å². The van der Waals surface area contributed by atoms with E-state index in [9.17, 15) is 0 Å². The van der Waals surface area contributed by atoms with E-state index >= 15 is 0 Å². The highest BCUT2D eigenvalue weighted by Crippen LogP contribution is 2.21. The lowest BCUT2D eigenvalue weighted by molar-refractivity contribution is 0.561. The Kier molecular flexibility index (Phi) is 2.74. The Bertz CT molecular complexity index is 242. The summed E-state index contributed by atoms with van der Waals surface area (Å²) in [6.07, 6.45) is 8.73. The van der Waals surface area contributed by atoms with Gasteiger partial charge in [-0.25, -0.2) is 0 Å². The fourth-order valence-corrected chi connectivity index (χ4v) is 1.22. The molecular weight excluding hydrogens is 146 g/mol. The maximum atomic E-state index is 2.24. The molecule has 0 amide bonds. The number of rotatable bonds is 2. The van der Waals surface area contributed by atoms with Gasteiger partial charge < -0.3 is 4.90 Å². The average molecular weight is 163 g/mol. The Labute approximate surface area is 75.1 Å². The molecule has 0 N–H and O–H groups in total. The van der Waals surface area contributed by atoms with Gasteiger partial charge in [0, 0.05) is 20.3 Å². The third-order valence-electron chi connectivity index (χ3n) is 1.88. The third kappa shape index (κ3) is 2.26. The van der Waals surface area contributed by atoms with Crippen molar-refractivity contribution in [1.82, 2.24) is 4.90 Å². The zero-order valence-corrected chi connectivity index (χ0v) is 8.33. The monoisotopic (exact) mass is 163 g/mol. The van der Waals surface area contributed by atoms with Crippen LogP contribution in [0.1, 0.15) is 13.8 Å². The highest BCUT2D eigenvalue weighted by atomic mass is 15.0. The van der Waals surface area contributed by atoms with Crippen LogP contribution in [0.5, 0.6) is 0 Å². The lowest BCUT2D eigenvalue weighted by atomic mass is 10.1. The van der Waals surface area contributed by atoms with Gasteiger partial charge in [0.15, 0.2) is 0 Å². The molecule has 0 aromatic carbocycles. The zero-order chi connectivity index (χ0) is 9.14. The molecule has 1 nitrogen and oxygen atoms in total. The SMILES string of the molecule is CC(C)C1=CC(=CN(C)C)C=C1. The van der Waals surface area contributed by atoms with Crippen molar-refractivity contribution in [3.8, 4) is 0 Å². The molecule has 0 aromatic rings. The van der Waals surface area contributed by atoms with Crippen LogP contribution < -0.4 is 0 Å². The van der Waals surface area contributed by atoms with Crippen LogP contribution in [0.3, 0.4) is 0 Å². The molecule has 0 heterocycles. The molecule has 66 valence electrons. The molecular formula is C11H17N. The first kappa shape index (κ1) is 9.11. The molecule has 0 fully saturated rings. The lowest BCUT2D eigenvalue weighted by Gasteiger charge is -2.04. The van der Waals surface area contributed by atoms with Gasteiger partial charge in [0.1, 0.15) is 0 Å². The van der Waals surface area contributed by atoms with Gasteiger partial charge in [0.05, 0.1) is 0 Å². The van der Waals surface area contributed by atoms with Crippen molar-refractivity contribution in [3.05, 3.63) is 35.6 Å². The summed E-state index contributed by atoms with van der Waals surface area (Å²) in [5, 5.41) is 0. The molecule has 0 saturated heterocycles. The minimum absolute atomic E-state index is 0.634. The van der Waals surface area contributed by atoms with E-state index in [4.69, 9.17) is 0 Å². The lowest BCUT2D eigenvalue weighted by Crippen LogP contribution is -2.01. The Morgan fingerprint density at radius 1 is 1.25 bits per heavy atom. The van der Waals surface area contributed by atoms with Gasteiger partial charge in [-0.2, -0.15) is 0 Å². The van der Waals surface area contributed by atoms with E-state index in [1.807, 2.05) is 14.1 Å². The zero-order valence-electron chi connectivity index (χ0n) is 8.33. The van der Waals surface area contributed by atoms with Crippen molar-refractivity contribution in [2.24, 2.45) is 5.92 Å². The molecule has 0 aliphatic heterocycles. The topological polar surface area (TPSA) is 3.24 Å².